The Balaban J connectivity index is 2.85. The van der Waals surface area contributed by atoms with Crippen LogP contribution in [0.15, 0.2) is 0 Å². The third kappa shape index (κ3) is 2.29. The minimum absolute atomic E-state index is 0.143. The van der Waals surface area contributed by atoms with Crippen molar-refractivity contribution < 1.29 is 10.2 Å². The summed E-state index contributed by atoms with van der Waals surface area (Å²) in [6.45, 7) is 9.08. The molecule has 0 heterocycles. The molecular formula is C12H24O2. The predicted octanol–water partition coefficient (Wildman–Crippen LogP) is 2.19. The van der Waals surface area contributed by atoms with Crippen LogP contribution >= 0.6 is 0 Å². The van der Waals surface area contributed by atoms with Crippen LogP contribution in [0.2, 0.25) is 0 Å². The molecule has 0 atom stereocenters. The molecule has 0 radical (unpaired) electrons. The molecule has 0 aliphatic heterocycles. The maximum atomic E-state index is 9.80. The summed E-state index contributed by atoms with van der Waals surface area (Å²) in [5.41, 5.74) is 0.286. The van der Waals surface area contributed by atoms with Gasteiger partial charge < -0.3 is 10.2 Å². The highest BCUT2D eigenvalue weighted by Crippen LogP contribution is 2.52. The van der Waals surface area contributed by atoms with Crippen LogP contribution in [-0.4, -0.2) is 22.9 Å². The molecule has 84 valence electrons. The van der Waals surface area contributed by atoms with E-state index in [0.29, 0.717) is 5.92 Å². The topological polar surface area (TPSA) is 40.5 Å². The molecular weight excluding hydrogens is 176 g/mol. The highest BCUT2D eigenvalue weighted by atomic mass is 16.3. The quantitative estimate of drug-likeness (QED) is 0.717. The minimum atomic E-state index is -0.171. The Kier molecular flexibility index (Phi) is 3.27. The lowest BCUT2D eigenvalue weighted by Gasteiger charge is -2.51. The molecule has 2 heteroatoms. The van der Waals surface area contributed by atoms with Gasteiger partial charge in [-0.15, -0.1) is 0 Å². The van der Waals surface area contributed by atoms with Crippen LogP contribution in [0.3, 0.4) is 0 Å². The van der Waals surface area contributed by atoms with E-state index in [1.165, 1.54) is 0 Å². The second-order valence-corrected chi connectivity index (χ2v) is 6.10. The van der Waals surface area contributed by atoms with Crippen molar-refractivity contribution in [2.75, 3.05) is 6.61 Å². The van der Waals surface area contributed by atoms with Gasteiger partial charge in [-0.2, -0.15) is 0 Å². The van der Waals surface area contributed by atoms with Gasteiger partial charge in [0.1, 0.15) is 0 Å². The predicted molar refractivity (Wildman–Crippen MR) is 58.0 cm³/mol. The summed E-state index contributed by atoms with van der Waals surface area (Å²) in [4.78, 5) is 0. The van der Waals surface area contributed by atoms with Crippen LogP contribution in [0.25, 0.3) is 0 Å². The first-order valence-electron chi connectivity index (χ1n) is 5.58. The number of aliphatic hydroxyl groups excluding tert-OH is 2. The number of rotatable bonds is 2. The van der Waals surface area contributed by atoms with Crippen molar-refractivity contribution in [2.45, 2.75) is 53.1 Å². The molecule has 1 aliphatic rings. The Morgan fingerprint density at radius 2 is 1.50 bits per heavy atom. The van der Waals surface area contributed by atoms with Crippen molar-refractivity contribution in [3.8, 4) is 0 Å². The molecule has 0 bridgehead atoms. The van der Waals surface area contributed by atoms with Gasteiger partial charge in [-0.05, 0) is 36.0 Å². The van der Waals surface area contributed by atoms with Gasteiger partial charge in [0.05, 0.1) is 6.10 Å². The SMILES string of the molecule is CC1(C)CC(O)CC(C)(C)C1CCO. The van der Waals surface area contributed by atoms with Crippen molar-refractivity contribution in [2.24, 2.45) is 16.7 Å². The van der Waals surface area contributed by atoms with E-state index in [-0.39, 0.29) is 23.5 Å². The number of hydrogen-bond acceptors (Lipinski definition) is 2. The Labute approximate surface area is 87.3 Å². The summed E-state index contributed by atoms with van der Waals surface area (Å²) in [6.07, 6.45) is 2.41. The summed E-state index contributed by atoms with van der Waals surface area (Å²) in [7, 11) is 0. The van der Waals surface area contributed by atoms with Crippen molar-refractivity contribution >= 4 is 0 Å². The summed E-state index contributed by atoms with van der Waals surface area (Å²) < 4.78 is 0. The van der Waals surface area contributed by atoms with E-state index in [1.54, 1.807) is 0 Å². The van der Waals surface area contributed by atoms with E-state index < -0.39 is 0 Å². The second-order valence-electron chi connectivity index (χ2n) is 6.10. The monoisotopic (exact) mass is 200 g/mol. The minimum Gasteiger partial charge on any atom is -0.396 e. The van der Waals surface area contributed by atoms with Gasteiger partial charge in [0.15, 0.2) is 0 Å². The van der Waals surface area contributed by atoms with Crippen molar-refractivity contribution in [3.05, 3.63) is 0 Å². The summed E-state index contributed by atoms with van der Waals surface area (Å²) in [5.74, 6) is 0.503. The normalized spacial score (nSPS) is 35.6. The third-order valence-corrected chi connectivity index (χ3v) is 3.83. The molecule has 0 aromatic rings. The molecule has 2 nitrogen and oxygen atoms in total. The van der Waals surface area contributed by atoms with Gasteiger partial charge in [-0.3, -0.25) is 0 Å². The maximum Gasteiger partial charge on any atom is 0.0550 e. The highest BCUT2D eigenvalue weighted by Gasteiger charge is 2.46. The van der Waals surface area contributed by atoms with E-state index in [9.17, 15) is 5.11 Å². The van der Waals surface area contributed by atoms with Crippen molar-refractivity contribution in [1.29, 1.82) is 0 Å². The lowest BCUT2D eigenvalue weighted by Crippen LogP contribution is -2.46. The van der Waals surface area contributed by atoms with Crippen LogP contribution < -0.4 is 0 Å². The molecule has 14 heavy (non-hydrogen) atoms. The smallest absolute Gasteiger partial charge is 0.0550 e. The number of aliphatic hydroxyl groups is 2. The van der Waals surface area contributed by atoms with E-state index >= 15 is 0 Å². The zero-order valence-corrected chi connectivity index (χ0v) is 9.88. The first-order valence-corrected chi connectivity index (χ1v) is 5.58. The van der Waals surface area contributed by atoms with E-state index in [4.69, 9.17) is 5.11 Å². The fourth-order valence-corrected chi connectivity index (χ4v) is 3.54. The van der Waals surface area contributed by atoms with Gasteiger partial charge in [-0.1, -0.05) is 27.7 Å². The zero-order chi connectivity index (χ0) is 11.0. The first-order chi connectivity index (χ1) is 6.29. The average molecular weight is 200 g/mol. The average Bonchev–Trinajstić information content (AvgIpc) is 1.94. The van der Waals surface area contributed by atoms with Crippen LogP contribution in [0.1, 0.15) is 47.0 Å². The first kappa shape index (κ1) is 12.0. The standard InChI is InChI=1S/C12H24O2/c1-11(2)7-9(14)8-12(3,4)10(11)5-6-13/h9-10,13-14H,5-8H2,1-4H3. The van der Waals surface area contributed by atoms with E-state index in [2.05, 4.69) is 27.7 Å². The van der Waals surface area contributed by atoms with Gasteiger partial charge in [-0.25, -0.2) is 0 Å². The molecule has 1 rings (SSSR count). The van der Waals surface area contributed by atoms with Crippen LogP contribution in [0, 0.1) is 16.7 Å². The van der Waals surface area contributed by atoms with Gasteiger partial charge >= 0.3 is 0 Å². The molecule has 1 saturated carbocycles. The molecule has 0 aromatic carbocycles. The zero-order valence-electron chi connectivity index (χ0n) is 9.88. The van der Waals surface area contributed by atoms with Gasteiger partial charge in [0.25, 0.3) is 0 Å². The van der Waals surface area contributed by atoms with Crippen molar-refractivity contribution in [1.82, 2.24) is 0 Å². The molecule has 0 saturated heterocycles. The molecule has 0 aromatic heterocycles. The van der Waals surface area contributed by atoms with Gasteiger partial charge in [0.2, 0.25) is 0 Å². The van der Waals surface area contributed by atoms with Crippen LogP contribution in [0.4, 0.5) is 0 Å². The Hall–Kier alpha value is -0.0800. The summed E-state index contributed by atoms with van der Waals surface area (Å²) in [5, 5.41) is 18.9. The molecule has 1 aliphatic carbocycles. The lowest BCUT2D eigenvalue weighted by molar-refractivity contribution is -0.0675. The molecule has 0 spiro atoms. The maximum absolute atomic E-state index is 9.80. The lowest BCUT2D eigenvalue weighted by atomic mass is 9.55. The van der Waals surface area contributed by atoms with Crippen molar-refractivity contribution in [3.63, 3.8) is 0 Å². The second kappa shape index (κ2) is 3.82. The molecule has 2 N–H and O–H groups in total. The largest absolute Gasteiger partial charge is 0.396 e. The Morgan fingerprint density at radius 3 is 1.86 bits per heavy atom. The fraction of sp³-hybridized carbons (Fsp3) is 1.00. The fourth-order valence-electron chi connectivity index (χ4n) is 3.54. The molecule has 0 unspecified atom stereocenters. The molecule has 0 amide bonds. The summed E-state index contributed by atoms with van der Waals surface area (Å²) >= 11 is 0. The third-order valence-electron chi connectivity index (χ3n) is 3.83. The van der Waals surface area contributed by atoms with E-state index in [1.807, 2.05) is 0 Å². The van der Waals surface area contributed by atoms with E-state index in [0.717, 1.165) is 19.3 Å². The molecule has 1 fully saturated rings. The van der Waals surface area contributed by atoms with Crippen LogP contribution in [-0.2, 0) is 0 Å². The Bertz CT molecular complexity index is 178. The highest BCUT2D eigenvalue weighted by molar-refractivity contribution is 4.96. The van der Waals surface area contributed by atoms with Crippen LogP contribution in [0.5, 0.6) is 0 Å². The van der Waals surface area contributed by atoms with Gasteiger partial charge in [0, 0.05) is 6.61 Å². The Morgan fingerprint density at radius 1 is 1.07 bits per heavy atom. The number of hydrogen-bond donors (Lipinski definition) is 2. The summed E-state index contributed by atoms with van der Waals surface area (Å²) in [6, 6.07) is 0.